The minimum atomic E-state index is -4.00. The number of carbonyl (C=O) groups excluding carboxylic acids is 1. The zero-order valence-electron chi connectivity index (χ0n) is 17.5. The first-order valence-corrected chi connectivity index (χ1v) is 12.0. The van der Waals surface area contributed by atoms with Crippen molar-refractivity contribution in [2.45, 2.75) is 18.7 Å². The average Bonchev–Trinajstić information content (AvgIpc) is 2.74. The number of sulfonamides is 1. The highest BCUT2D eigenvalue weighted by atomic mass is 35.5. The van der Waals surface area contributed by atoms with Crippen molar-refractivity contribution in [2.75, 3.05) is 17.9 Å². The molecule has 0 aliphatic carbocycles. The van der Waals surface area contributed by atoms with Gasteiger partial charge in [-0.15, -0.1) is 0 Å². The third-order valence-corrected chi connectivity index (χ3v) is 6.75. The molecule has 0 radical (unpaired) electrons. The lowest BCUT2D eigenvalue weighted by molar-refractivity contribution is 0.0947. The predicted octanol–water partition coefficient (Wildman–Crippen LogP) is 5.22. The molecule has 0 heterocycles. The zero-order chi connectivity index (χ0) is 23.3. The molecule has 3 aromatic rings. The van der Waals surface area contributed by atoms with Crippen LogP contribution in [-0.4, -0.2) is 27.5 Å². The van der Waals surface area contributed by atoms with Crippen LogP contribution in [0.1, 0.15) is 21.5 Å². The van der Waals surface area contributed by atoms with Gasteiger partial charge >= 0.3 is 0 Å². The Bertz CT molecular complexity index is 1250. The largest absolute Gasteiger partial charge is 0.490 e. The van der Waals surface area contributed by atoms with Crippen LogP contribution in [0.3, 0.4) is 0 Å². The zero-order valence-corrected chi connectivity index (χ0v) is 19.8. The summed E-state index contributed by atoms with van der Waals surface area (Å²) < 4.78 is 33.9. The Hall–Kier alpha value is -2.74. The Kier molecular flexibility index (Phi) is 7.66. The summed E-state index contributed by atoms with van der Waals surface area (Å²) in [6.07, 6.45) is 0. The highest BCUT2D eigenvalue weighted by molar-refractivity contribution is 7.92. The van der Waals surface area contributed by atoms with Crippen LogP contribution in [0.5, 0.6) is 5.75 Å². The van der Waals surface area contributed by atoms with Gasteiger partial charge in [0.05, 0.1) is 22.3 Å². The van der Waals surface area contributed by atoms with Gasteiger partial charge in [-0.25, -0.2) is 8.42 Å². The molecule has 0 aliphatic rings. The summed E-state index contributed by atoms with van der Waals surface area (Å²) in [5.74, 6) is 0.0631. The number of rotatable bonds is 8. The minimum Gasteiger partial charge on any atom is -0.490 e. The molecule has 1 amide bonds. The maximum atomic E-state index is 12.9. The van der Waals surface area contributed by atoms with Gasteiger partial charge in [0.1, 0.15) is 17.3 Å². The number of hydrogen-bond acceptors (Lipinski definition) is 4. The van der Waals surface area contributed by atoms with Crippen molar-refractivity contribution in [1.82, 2.24) is 5.32 Å². The molecule has 3 aromatic carbocycles. The maximum absolute atomic E-state index is 12.9. The number of halogens is 2. The SMILES string of the molecule is Cc1ccc(NS(=O)(=O)c2cc(C(=O)NCCOc3ccccc3Cl)ccc2Cl)c(C)c1. The van der Waals surface area contributed by atoms with Crippen LogP contribution in [0.25, 0.3) is 0 Å². The van der Waals surface area contributed by atoms with Crippen molar-refractivity contribution in [3.05, 3.63) is 87.4 Å². The molecule has 0 aliphatic heterocycles. The van der Waals surface area contributed by atoms with Crippen molar-refractivity contribution in [1.29, 1.82) is 0 Å². The molecule has 9 heteroatoms. The highest BCUT2D eigenvalue weighted by Gasteiger charge is 2.21. The summed E-state index contributed by atoms with van der Waals surface area (Å²) >= 11 is 12.2. The van der Waals surface area contributed by atoms with E-state index in [9.17, 15) is 13.2 Å². The van der Waals surface area contributed by atoms with Crippen molar-refractivity contribution >= 4 is 44.8 Å². The Morgan fingerprint density at radius 2 is 1.72 bits per heavy atom. The van der Waals surface area contributed by atoms with E-state index >= 15 is 0 Å². The Morgan fingerprint density at radius 3 is 2.44 bits per heavy atom. The van der Waals surface area contributed by atoms with Crippen LogP contribution < -0.4 is 14.8 Å². The summed E-state index contributed by atoms with van der Waals surface area (Å²) in [6.45, 7) is 4.13. The highest BCUT2D eigenvalue weighted by Crippen LogP contribution is 2.27. The maximum Gasteiger partial charge on any atom is 0.263 e. The molecule has 0 spiro atoms. The van der Waals surface area contributed by atoms with Gasteiger partial charge in [0.15, 0.2) is 0 Å². The van der Waals surface area contributed by atoms with Crippen molar-refractivity contribution < 1.29 is 17.9 Å². The second kappa shape index (κ2) is 10.3. The molecule has 0 unspecified atom stereocenters. The molecule has 32 heavy (non-hydrogen) atoms. The lowest BCUT2D eigenvalue weighted by Crippen LogP contribution is -2.28. The fraction of sp³-hybridized carbons (Fsp3) is 0.174. The smallest absolute Gasteiger partial charge is 0.263 e. The topological polar surface area (TPSA) is 84.5 Å². The van der Waals surface area contributed by atoms with E-state index in [0.29, 0.717) is 16.5 Å². The van der Waals surface area contributed by atoms with E-state index in [4.69, 9.17) is 27.9 Å². The molecule has 168 valence electrons. The van der Waals surface area contributed by atoms with Crippen molar-refractivity contribution in [3.63, 3.8) is 0 Å². The molecule has 0 aromatic heterocycles. The molecular weight excluding hydrogens is 471 g/mol. The Labute approximate surface area is 197 Å². The van der Waals surface area contributed by atoms with E-state index in [1.807, 2.05) is 13.0 Å². The molecule has 0 bridgehead atoms. The van der Waals surface area contributed by atoms with E-state index in [2.05, 4.69) is 10.0 Å². The lowest BCUT2D eigenvalue weighted by Gasteiger charge is -2.13. The number of benzene rings is 3. The number of ether oxygens (including phenoxy) is 1. The quantitative estimate of drug-likeness (QED) is 0.422. The molecule has 0 fully saturated rings. The summed E-state index contributed by atoms with van der Waals surface area (Å²) in [5.41, 5.74) is 2.39. The van der Waals surface area contributed by atoms with Crippen LogP contribution >= 0.6 is 23.2 Å². The van der Waals surface area contributed by atoms with Gasteiger partial charge in [0, 0.05) is 5.56 Å². The summed E-state index contributed by atoms with van der Waals surface area (Å²) in [6, 6.07) is 16.5. The van der Waals surface area contributed by atoms with Gasteiger partial charge in [-0.2, -0.15) is 0 Å². The van der Waals surface area contributed by atoms with Crippen LogP contribution in [0.4, 0.5) is 5.69 Å². The number of para-hydroxylation sites is 1. The summed E-state index contributed by atoms with van der Waals surface area (Å²) in [7, 11) is -4.00. The molecule has 0 saturated carbocycles. The van der Waals surface area contributed by atoms with E-state index in [1.165, 1.54) is 18.2 Å². The predicted molar refractivity (Wildman–Crippen MR) is 127 cm³/mol. The molecule has 2 N–H and O–H groups in total. The molecular formula is C23H22Cl2N2O4S. The fourth-order valence-corrected chi connectivity index (χ4v) is 4.82. The first-order valence-electron chi connectivity index (χ1n) is 9.72. The van der Waals surface area contributed by atoms with Gasteiger partial charge in [-0.1, -0.05) is 53.0 Å². The van der Waals surface area contributed by atoms with Crippen LogP contribution in [0.15, 0.2) is 65.6 Å². The second-order valence-electron chi connectivity index (χ2n) is 7.10. The Morgan fingerprint density at radius 1 is 0.969 bits per heavy atom. The number of anilines is 1. The normalized spacial score (nSPS) is 11.1. The monoisotopic (exact) mass is 492 g/mol. The van der Waals surface area contributed by atoms with Crippen LogP contribution in [0.2, 0.25) is 10.0 Å². The number of carbonyl (C=O) groups is 1. The minimum absolute atomic E-state index is 0.0147. The summed E-state index contributed by atoms with van der Waals surface area (Å²) in [4.78, 5) is 12.3. The Balaban J connectivity index is 1.68. The molecule has 0 atom stereocenters. The lowest BCUT2D eigenvalue weighted by atomic mass is 10.1. The third kappa shape index (κ3) is 5.94. The first-order chi connectivity index (χ1) is 15.2. The van der Waals surface area contributed by atoms with E-state index in [0.717, 1.165) is 11.1 Å². The van der Waals surface area contributed by atoms with Crippen LogP contribution in [0, 0.1) is 13.8 Å². The van der Waals surface area contributed by atoms with Crippen molar-refractivity contribution in [2.24, 2.45) is 0 Å². The number of hydrogen-bond donors (Lipinski definition) is 2. The third-order valence-electron chi connectivity index (χ3n) is 4.59. The van der Waals surface area contributed by atoms with Gasteiger partial charge in [0.2, 0.25) is 0 Å². The average molecular weight is 493 g/mol. The van der Waals surface area contributed by atoms with Gasteiger partial charge in [-0.3, -0.25) is 9.52 Å². The molecule has 0 saturated heterocycles. The standard InChI is InChI=1S/C23H22Cl2N2O4S/c1-15-7-10-20(16(2)13-15)27-32(29,30)22-14-17(8-9-19(22)25)23(28)26-11-12-31-21-6-4-3-5-18(21)24/h3-10,13-14,27H,11-12H2,1-2H3,(H,26,28). The van der Waals surface area contributed by atoms with Crippen molar-refractivity contribution in [3.8, 4) is 5.75 Å². The van der Waals surface area contributed by atoms with Gasteiger partial charge in [0.25, 0.3) is 15.9 Å². The van der Waals surface area contributed by atoms with Crippen LogP contribution in [-0.2, 0) is 10.0 Å². The number of amides is 1. The van der Waals surface area contributed by atoms with E-state index in [1.54, 1.807) is 43.3 Å². The number of aryl methyl sites for hydroxylation is 2. The first kappa shape index (κ1) is 23.9. The summed E-state index contributed by atoms with van der Waals surface area (Å²) in [5, 5.41) is 3.18. The fourth-order valence-electron chi connectivity index (χ4n) is 2.97. The molecule has 3 rings (SSSR count). The number of nitrogens with one attached hydrogen (secondary N) is 2. The second-order valence-corrected chi connectivity index (χ2v) is 9.57. The van der Waals surface area contributed by atoms with E-state index in [-0.39, 0.29) is 28.6 Å². The van der Waals surface area contributed by atoms with Gasteiger partial charge in [-0.05, 0) is 55.8 Å². The van der Waals surface area contributed by atoms with E-state index < -0.39 is 15.9 Å². The van der Waals surface area contributed by atoms with Gasteiger partial charge < -0.3 is 10.1 Å². The molecule has 6 nitrogen and oxygen atoms in total.